The molecule has 1 aromatic heterocycles. The van der Waals surface area contributed by atoms with Crippen molar-refractivity contribution in [2.75, 3.05) is 5.32 Å². The zero-order chi connectivity index (χ0) is 21.0. The van der Waals surface area contributed by atoms with Crippen molar-refractivity contribution in [2.45, 2.75) is 0 Å². The standard InChI is InChI=1S/C20H11Cl2N3O4/c21-14-2-4-15(5-3-14)24-20(26)13(11-23)9-16-6-8-19(29-16)12-1-7-17(22)18(10-12)25(27)28/h1-10H,(H,24,26)/b13-9+. The molecule has 3 aromatic rings. The number of benzene rings is 2. The van der Waals surface area contributed by atoms with E-state index in [1.165, 1.54) is 18.2 Å². The van der Waals surface area contributed by atoms with Crippen LogP contribution in [0, 0.1) is 21.4 Å². The third-order valence-electron chi connectivity index (χ3n) is 3.81. The molecule has 0 unspecified atom stereocenters. The van der Waals surface area contributed by atoms with Crippen LogP contribution in [0.15, 0.2) is 64.6 Å². The smallest absolute Gasteiger partial charge is 0.288 e. The van der Waals surface area contributed by atoms with Crippen molar-refractivity contribution >= 4 is 46.6 Å². The van der Waals surface area contributed by atoms with Crippen molar-refractivity contribution in [3.05, 3.63) is 86.1 Å². The minimum atomic E-state index is -0.616. The Balaban J connectivity index is 1.83. The number of amides is 1. The largest absolute Gasteiger partial charge is 0.457 e. The number of nitrogens with zero attached hydrogens (tertiary/aromatic N) is 2. The number of rotatable bonds is 5. The van der Waals surface area contributed by atoms with E-state index in [-0.39, 0.29) is 22.0 Å². The fourth-order valence-corrected chi connectivity index (χ4v) is 2.73. The van der Waals surface area contributed by atoms with E-state index in [1.54, 1.807) is 42.5 Å². The predicted molar refractivity (Wildman–Crippen MR) is 109 cm³/mol. The summed E-state index contributed by atoms with van der Waals surface area (Å²) in [6, 6.07) is 15.6. The average Bonchev–Trinajstić information content (AvgIpc) is 3.16. The fraction of sp³-hybridized carbons (Fsp3) is 0. The Hall–Kier alpha value is -3.60. The molecule has 0 atom stereocenters. The first-order valence-electron chi connectivity index (χ1n) is 8.10. The van der Waals surface area contributed by atoms with Crippen LogP contribution in [0.1, 0.15) is 5.76 Å². The summed E-state index contributed by atoms with van der Waals surface area (Å²) in [7, 11) is 0. The minimum Gasteiger partial charge on any atom is -0.457 e. The van der Waals surface area contributed by atoms with E-state index in [1.807, 2.05) is 6.07 Å². The van der Waals surface area contributed by atoms with Gasteiger partial charge in [-0.05, 0) is 48.5 Å². The number of carbonyl (C=O) groups is 1. The minimum absolute atomic E-state index is 0.0102. The molecule has 0 bridgehead atoms. The maximum absolute atomic E-state index is 12.3. The molecule has 0 fully saturated rings. The highest BCUT2D eigenvalue weighted by atomic mass is 35.5. The van der Waals surface area contributed by atoms with Gasteiger partial charge in [-0.15, -0.1) is 0 Å². The Labute approximate surface area is 174 Å². The maximum Gasteiger partial charge on any atom is 0.288 e. The Kier molecular flexibility index (Phi) is 5.98. The van der Waals surface area contributed by atoms with Gasteiger partial charge in [-0.3, -0.25) is 14.9 Å². The van der Waals surface area contributed by atoms with Crippen molar-refractivity contribution in [1.29, 1.82) is 5.26 Å². The topological polar surface area (TPSA) is 109 Å². The van der Waals surface area contributed by atoms with Gasteiger partial charge in [0.15, 0.2) is 0 Å². The van der Waals surface area contributed by atoms with E-state index in [0.29, 0.717) is 22.0 Å². The van der Waals surface area contributed by atoms with E-state index in [2.05, 4.69) is 5.32 Å². The molecule has 7 nitrogen and oxygen atoms in total. The first-order chi connectivity index (χ1) is 13.9. The van der Waals surface area contributed by atoms with Gasteiger partial charge >= 0.3 is 0 Å². The lowest BCUT2D eigenvalue weighted by Gasteiger charge is -2.03. The number of nitriles is 1. The summed E-state index contributed by atoms with van der Waals surface area (Å²) in [4.78, 5) is 22.7. The number of halogens is 2. The highest BCUT2D eigenvalue weighted by Crippen LogP contribution is 2.31. The van der Waals surface area contributed by atoms with E-state index >= 15 is 0 Å². The molecule has 0 spiro atoms. The molecule has 0 saturated heterocycles. The summed E-state index contributed by atoms with van der Waals surface area (Å²) in [5.74, 6) is -0.0540. The van der Waals surface area contributed by atoms with Crippen LogP contribution in [0.4, 0.5) is 11.4 Å². The van der Waals surface area contributed by atoms with E-state index < -0.39 is 10.8 Å². The van der Waals surface area contributed by atoms with Crippen LogP contribution in [-0.2, 0) is 4.79 Å². The number of nitrogens with one attached hydrogen (secondary N) is 1. The second-order valence-electron chi connectivity index (χ2n) is 5.76. The van der Waals surface area contributed by atoms with Gasteiger partial charge in [-0.2, -0.15) is 5.26 Å². The van der Waals surface area contributed by atoms with E-state index in [0.717, 1.165) is 0 Å². The molecule has 0 aliphatic carbocycles. The molecule has 1 amide bonds. The van der Waals surface area contributed by atoms with Gasteiger partial charge in [0.1, 0.15) is 28.2 Å². The Morgan fingerprint density at radius 2 is 1.86 bits per heavy atom. The first kappa shape index (κ1) is 20.1. The molecule has 0 radical (unpaired) electrons. The van der Waals surface area contributed by atoms with E-state index in [9.17, 15) is 20.2 Å². The number of hydrogen-bond donors (Lipinski definition) is 1. The van der Waals surface area contributed by atoms with Crippen LogP contribution < -0.4 is 5.32 Å². The molecular weight excluding hydrogens is 417 g/mol. The quantitative estimate of drug-likeness (QED) is 0.242. The zero-order valence-corrected chi connectivity index (χ0v) is 16.1. The highest BCUT2D eigenvalue weighted by molar-refractivity contribution is 6.32. The lowest BCUT2D eigenvalue weighted by Crippen LogP contribution is -2.13. The molecule has 3 rings (SSSR count). The lowest BCUT2D eigenvalue weighted by atomic mass is 10.1. The third-order valence-corrected chi connectivity index (χ3v) is 4.38. The molecule has 0 aliphatic heterocycles. The Morgan fingerprint density at radius 1 is 1.14 bits per heavy atom. The van der Waals surface area contributed by atoms with Crippen molar-refractivity contribution < 1.29 is 14.1 Å². The third kappa shape index (κ3) is 4.82. The zero-order valence-electron chi connectivity index (χ0n) is 14.6. The molecule has 0 saturated carbocycles. The van der Waals surface area contributed by atoms with Gasteiger partial charge in [-0.25, -0.2) is 0 Å². The number of carbonyl (C=O) groups excluding carboxylic acids is 1. The predicted octanol–water partition coefficient (Wildman–Crippen LogP) is 5.71. The normalized spacial score (nSPS) is 11.0. The Morgan fingerprint density at radius 3 is 2.52 bits per heavy atom. The first-order valence-corrected chi connectivity index (χ1v) is 8.86. The monoisotopic (exact) mass is 427 g/mol. The highest BCUT2D eigenvalue weighted by Gasteiger charge is 2.16. The number of furan rings is 1. The van der Waals surface area contributed by atoms with Crippen molar-refractivity contribution in [3.8, 4) is 17.4 Å². The summed E-state index contributed by atoms with van der Waals surface area (Å²) in [6.07, 6.45) is 1.28. The molecular formula is C20H11Cl2N3O4. The molecule has 144 valence electrons. The average molecular weight is 428 g/mol. The summed E-state index contributed by atoms with van der Waals surface area (Å²) >= 11 is 11.6. The van der Waals surface area contributed by atoms with Crippen molar-refractivity contribution in [3.63, 3.8) is 0 Å². The summed E-state index contributed by atoms with van der Waals surface area (Å²) < 4.78 is 5.60. The molecule has 1 N–H and O–H groups in total. The maximum atomic E-state index is 12.3. The molecule has 29 heavy (non-hydrogen) atoms. The fourth-order valence-electron chi connectivity index (χ4n) is 2.41. The van der Waals surface area contributed by atoms with Gasteiger partial charge in [0, 0.05) is 28.4 Å². The van der Waals surface area contributed by atoms with Gasteiger partial charge in [0.05, 0.1) is 4.92 Å². The summed E-state index contributed by atoms with van der Waals surface area (Å²) in [5.41, 5.74) is 0.486. The molecule has 1 heterocycles. The van der Waals surface area contributed by atoms with Gasteiger partial charge in [-0.1, -0.05) is 23.2 Å². The number of nitro groups is 1. The number of anilines is 1. The molecule has 0 aliphatic rings. The van der Waals surface area contributed by atoms with Crippen LogP contribution in [0.3, 0.4) is 0 Å². The second kappa shape index (κ2) is 8.61. The number of hydrogen-bond acceptors (Lipinski definition) is 5. The van der Waals surface area contributed by atoms with Gasteiger partial charge in [0.2, 0.25) is 0 Å². The van der Waals surface area contributed by atoms with Crippen LogP contribution in [0.5, 0.6) is 0 Å². The van der Waals surface area contributed by atoms with Crippen LogP contribution >= 0.6 is 23.2 Å². The summed E-state index contributed by atoms with van der Waals surface area (Å²) in [5, 5.41) is 23.4. The van der Waals surface area contributed by atoms with Crippen LogP contribution in [0.25, 0.3) is 17.4 Å². The molecule has 9 heteroatoms. The summed E-state index contributed by atoms with van der Waals surface area (Å²) in [6.45, 7) is 0. The number of nitro benzene ring substituents is 1. The SMILES string of the molecule is N#C/C(=C\c1ccc(-c2ccc(Cl)c([N+](=O)[O-])c2)o1)C(=O)Nc1ccc(Cl)cc1. The van der Waals surface area contributed by atoms with Crippen LogP contribution in [-0.4, -0.2) is 10.8 Å². The van der Waals surface area contributed by atoms with Crippen LogP contribution in [0.2, 0.25) is 10.0 Å². The second-order valence-corrected chi connectivity index (χ2v) is 6.60. The molecule has 2 aromatic carbocycles. The van der Waals surface area contributed by atoms with Crippen molar-refractivity contribution in [1.82, 2.24) is 0 Å². The van der Waals surface area contributed by atoms with E-state index in [4.69, 9.17) is 27.6 Å². The lowest BCUT2D eigenvalue weighted by molar-refractivity contribution is -0.384. The van der Waals surface area contributed by atoms with Gasteiger partial charge in [0.25, 0.3) is 11.6 Å². The van der Waals surface area contributed by atoms with Gasteiger partial charge < -0.3 is 9.73 Å². The Bertz CT molecular complexity index is 1160. The van der Waals surface area contributed by atoms with Crippen molar-refractivity contribution in [2.24, 2.45) is 0 Å².